The van der Waals surface area contributed by atoms with Crippen molar-refractivity contribution in [1.29, 1.82) is 0 Å². The van der Waals surface area contributed by atoms with E-state index in [1.165, 1.54) is 30.9 Å². The van der Waals surface area contributed by atoms with Gasteiger partial charge in [0.1, 0.15) is 30.6 Å². The second-order valence-electron chi connectivity index (χ2n) is 17.3. The lowest BCUT2D eigenvalue weighted by molar-refractivity contribution is -0.0413. The Morgan fingerprint density at radius 1 is 0.762 bits per heavy atom. The molecule has 2 saturated heterocycles. The van der Waals surface area contributed by atoms with Crippen LogP contribution in [-0.4, -0.2) is 119 Å². The zero-order valence-corrected chi connectivity index (χ0v) is 36.8. The molecule has 63 heavy (non-hydrogen) atoms. The normalized spacial score (nSPS) is 19.3. The monoisotopic (exact) mass is 862 g/mol. The SMILES string of the molecule is CC(=O)c1nccc(COc2ccc(C(C)(C)c3ccc(OCCCCCCCCOCCN4CCN(c5ccc6c(c5)C(=O)N(C5CCC(O)NC5O)C6=O)CC4)cc3)cc2)n1. The van der Waals surface area contributed by atoms with Gasteiger partial charge in [0, 0.05) is 63.6 Å². The number of aromatic nitrogens is 2. The van der Waals surface area contributed by atoms with Crippen molar-refractivity contribution in [2.75, 3.05) is 57.4 Å². The summed E-state index contributed by atoms with van der Waals surface area (Å²) < 4.78 is 18.0. The molecule has 14 heteroatoms. The van der Waals surface area contributed by atoms with E-state index >= 15 is 0 Å². The summed E-state index contributed by atoms with van der Waals surface area (Å²) in [6, 6.07) is 23.0. The first-order chi connectivity index (χ1) is 30.5. The highest BCUT2D eigenvalue weighted by Crippen LogP contribution is 2.34. The molecule has 3 aliphatic heterocycles. The Kier molecular flexibility index (Phi) is 15.6. The lowest BCUT2D eigenvalue weighted by Crippen LogP contribution is -2.58. The lowest BCUT2D eigenvalue weighted by atomic mass is 9.78. The lowest BCUT2D eigenvalue weighted by Gasteiger charge is -2.36. The van der Waals surface area contributed by atoms with Gasteiger partial charge in [-0.15, -0.1) is 0 Å². The summed E-state index contributed by atoms with van der Waals surface area (Å²) in [5.74, 6) is 0.851. The summed E-state index contributed by atoms with van der Waals surface area (Å²) in [5.41, 5.74) is 4.47. The molecule has 0 spiro atoms. The number of hydrogen-bond donors (Lipinski definition) is 3. The van der Waals surface area contributed by atoms with Gasteiger partial charge >= 0.3 is 0 Å². The molecule has 14 nitrogen and oxygen atoms in total. The summed E-state index contributed by atoms with van der Waals surface area (Å²) in [5, 5.41) is 22.8. The summed E-state index contributed by atoms with van der Waals surface area (Å²) in [4.78, 5) is 52.0. The van der Waals surface area contributed by atoms with Crippen molar-refractivity contribution in [3.63, 3.8) is 0 Å². The van der Waals surface area contributed by atoms with Gasteiger partial charge < -0.3 is 29.3 Å². The molecule has 4 aromatic rings. The van der Waals surface area contributed by atoms with E-state index in [1.807, 2.05) is 18.2 Å². The van der Waals surface area contributed by atoms with Crippen LogP contribution in [-0.2, 0) is 16.8 Å². The number of piperazine rings is 1. The molecule has 2 fully saturated rings. The molecule has 0 bridgehead atoms. The van der Waals surface area contributed by atoms with Crippen LogP contribution in [0.4, 0.5) is 5.69 Å². The Hall–Kier alpha value is -5.25. The maximum atomic E-state index is 13.3. The standard InChI is InChI=1S/C49H62N6O8/c1-34(56)45-50-23-22-37(51-45)33-63-40-17-12-36(13-18-40)49(2,3)35-10-15-39(16-11-35)62-30-9-7-5-4-6-8-29-61-31-28-53-24-26-54(27-25-53)38-14-19-41-42(32-38)48(60)55(47(41)59)43-20-21-44(57)52-46(43)58/h10-19,22-23,32,43-44,46,52,57-58H,4-9,20-21,24-31,33H2,1-3H3. The van der Waals surface area contributed by atoms with Crippen LogP contribution in [0, 0.1) is 0 Å². The molecule has 3 unspecified atom stereocenters. The Balaban J connectivity index is 0.708. The van der Waals surface area contributed by atoms with Crippen LogP contribution in [0.5, 0.6) is 11.5 Å². The van der Waals surface area contributed by atoms with Gasteiger partial charge in [0.15, 0.2) is 11.6 Å². The minimum Gasteiger partial charge on any atom is -0.494 e. The predicted octanol–water partition coefficient (Wildman–Crippen LogP) is 6.13. The highest BCUT2D eigenvalue weighted by Gasteiger charge is 2.44. The number of hydrogen-bond acceptors (Lipinski definition) is 13. The molecule has 336 valence electrons. The first kappa shape index (κ1) is 45.8. The average Bonchev–Trinajstić information content (AvgIpc) is 3.54. The van der Waals surface area contributed by atoms with Crippen LogP contribution in [0.3, 0.4) is 0 Å². The van der Waals surface area contributed by atoms with Crippen LogP contribution in [0.1, 0.15) is 120 Å². The third kappa shape index (κ3) is 11.7. The summed E-state index contributed by atoms with van der Waals surface area (Å²) in [7, 11) is 0. The van der Waals surface area contributed by atoms with Gasteiger partial charge in [-0.25, -0.2) is 9.97 Å². The third-order valence-corrected chi connectivity index (χ3v) is 12.5. The van der Waals surface area contributed by atoms with E-state index in [2.05, 4.69) is 75.3 Å². The van der Waals surface area contributed by atoms with Crippen molar-refractivity contribution in [2.24, 2.45) is 0 Å². The van der Waals surface area contributed by atoms with Crippen molar-refractivity contribution in [3.05, 3.63) is 113 Å². The number of Topliss-reactive ketones (excluding diaryl/α,β-unsaturated/α-hetero) is 1. The van der Waals surface area contributed by atoms with Crippen molar-refractivity contribution in [3.8, 4) is 11.5 Å². The van der Waals surface area contributed by atoms with Crippen LogP contribution >= 0.6 is 0 Å². The second kappa shape index (κ2) is 21.4. The van der Waals surface area contributed by atoms with Crippen molar-refractivity contribution in [2.45, 2.75) is 103 Å². The fourth-order valence-electron chi connectivity index (χ4n) is 8.53. The highest BCUT2D eigenvalue weighted by molar-refractivity contribution is 6.22. The van der Waals surface area contributed by atoms with Gasteiger partial charge in [-0.2, -0.15) is 0 Å². The topological polar surface area (TPSA) is 167 Å². The zero-order chi connectivity index (χ0) is 44.3. The number of aliphatic hydroxyl groups is 2. The number of imide groups is 1. The van der Waals surface area contributed by atoms with E-state index in [0.717, 1.165) is 87.1 Å². The van der Waals surface area contributed by atoms with Gasteiger partial charge in [-0.1, -0.05) is 63.8 Å². The van der Waals surface area contributed by atoms with Gasteiger partial charge in [-0.05, 0) is 85.3 Å². The van der Waals surface area contributed by atoms with Crippen LogP contribution < -0.4 is 19.7 Å². The molecule has 3 aromatic carbocycles. The number of anilines is 1. The van der Waals surface area contributed by atoms with Crippen molar-refractivity contribution in [1.82, 2.24) is 25.1 Å². The number of ether oxygens (including phenoxy) is 3. The molecule has 1 aromatic heterocycles. The van der Waals surface area contributed by atoms with E-state index in [-0.39, 0.29) is 23.6 Å². The minimum absolute atomic E-state index is 0.172. The molecule has 0 aliphatic carbocycles. The van der Waals surface area contributed by atoms with E-state index in [1.54, 1.807) is 24.4 Å². The number of benzene rings is 3. The molecule has 2 amide bonds. The van der Waals surface area contributed by atoms with Crippen LogP contribution in [0.2, 0.25) is 0 Å². The first-order valence-corrected chi connectivity index (χ1v) is 22.5. The zero-order valence-electron chi connectivity index (χ0n) is 36.8. The van der Waals surface area contributed by atoms with Crippen LogP contribution in [0.25, 0.3) is 0 Å². The molecular formula is C49H62N6O8. The molecule has 3 atom stereocenters. The quantitative estimate of drug-likeness (QED) is 0.0498. The van der Waals surface area contributed by atoms with E-state index in [9.17, 15) is 24.6 Å². The van der Waals surface area contributed by atoms with Crippen molar-refractivity contribution >= 4 is 23.3 Å². The molecule has 3 aliphatic rings. The number of rotatable bonds is 21. The minimum atomic E-state index is -1.16. The highest BCUT2D eigenvalue weighted by atomic mass is 16.5. The van der Waals surface area contributed by atoms with E-state index in [4.69, 9.17) is 14.2 Å². The number of aliphatic hydroxyl groups excluding tert-OH is 2. The maximum Gasteiger partial charge on any atom is 0.262 e. The molecule has 3 N–H and O–H groups in total. The number of amides is 2. The summed E-state index contributed by atoms with van der Waals surface area (Å²) >= 11 is 0. The molecule has 4 heterocycles. The Morgan fingerprint density at radius 2 is 1.40 bits per heavy atom. The number of ketones is 1. The fraction of sp³-hybridized carbons (Fsp3) is 0.490. The summed E-state index contributed by atoms with van der Waals surface area (Å²) in [6.07, 6.45) is 7.02. The largest absolute Gasteiger partial charge is 0.494 e. The maximum absolute atomic E-state index is 13.3. The number of carbonyl (C=O) groups excluding carboxylic acids is 3. The van der Waals surface area contributed by atoms with Crippen molar-refractivity contribution < 1.29 is 38.8 Å². The molecule has 0 radical (unpaired) electrons. The van der Waals surface area contributed by atoms with Gasteiger partial charge in [0.25, 0.3) is 11.8 Å². The number of carbonyl (C=O) groups is 3. The van der Waals surface area contributed by atoms with Crippen LogP contribution in [0.15, 0.2) is 79.0 Å². The number of nitrogens with zero attached hydrogens (tertiary/aromatic N) is 5. The number of piperidine rings is 1. The average molecular weight is 863 g/mol. The molecule has 0 saturated carbocycles. The molecule has 7 rings (SSSR count). The van der Waals surface area contributed by atoms with Gasteiger partial charge in [0.2, 0.25) is 0 Å². The summed E-state index contributed by atoms with van der Waals surface area (Å²) in [6.45, 7) is 12.6. The number of fused-ring (bicyclic) bond motifs is 1. The Labute approximate surface area is 370 Å². The third-order valence-electron chi connectivity index (χ3n) is 12.5. The van der Waals surface area contributed by atoms with Gasteiger partial charge in [0.05, 0.1) is 36.1 Å². The van der Waals surface area contributed by atoms with E-state index < -0.39 is 30.3 Å². The number of unbranched alkanes of at least 4 members (excludes halogenated alkanes) is 5. The number of nitrogens with one attached hydrogen (secondary N) is 1. The predicted molar refractivity (Wildman–Crippen MR) is 239 cm³/mol. The van der Waals surface area contributed by atoms with Gasteiger partial charge in [-0.3, -0.25) is 29.5 Å². The Bertz CT molecular complexity index is 2160. The first-order valence-electron chi connectivity index (χ1n) is 22.5. The fourth-order valence-corrected chi connectivity index (χ4v) is 8.53. The molecular weight excluding hydrogens is 801 g/mol. The Morgan fingerprint density at radius 3 is 2.06 bits per heavy atom. The van der Waals surface area contributed by atoms with E-state index in [0.29, 0.717) is 42.9 Å². The smallest absolute Gasteiger partial charge is 0.262 e. The second-order valence-corrected chi connectivity index (χ2v) is 17.3.